The molecule has 4 nitrogen and oxygen atoms in total. The predicted octanol–water partition coefficient (Wildman–Crippen LogP) is 1.67. The molecule has 1 unspecified atom stereocenters. The van der Waals surface area contributed by atoms with E-state index in [9.17, 15) is 4.79 Å². The molecule has 3 rings (SSSR count). The van der Waals surface area contributed by atoms with Gasteiger partial charge < -0.3 is 4.52 Å². The zero-order valence-electron chi connectivity index (χ0n) is 7.69. The third-order valence-corrected chi connectivity index (χ3v) is 2.94. The standard InChI is InChI=1S/C10H10N2O2/c13-9-3-1-2-8-7(9)4-6-5-11-14-10(6)12-8/h5,7H,1-4H2. The molecule has 4 heteroatoms. The van der Waals surface area contributed by atoms with Gasteiger partial charge in [-0.05, 0) is 19.3 Å². The van der Waals surface area contributed by atoms with Crippen molar-refractivity contribution >= 4 is 17.4 Å². The number of aromatic nitrogens is 1. The molecule has 1 aromatic heterocycles. The molecule has 0 bridgehead atoms. The van der Waals surface area contributed by atoms with Crippen molar-refractivity contribution in [3.8, 4) is 0 Å². The van der Waals surface area contributed by atoms with Crippen molar-refractivity contribution in [1.29, 1.82) is 0 Å². The van der Waals surface area contributed by atoms with Gasteiger partial charge in [0.25, 0.3) is 5.88 Å². The molecule has 2 heterocycles. The molecular formula is C10H10N2O2. The highest BCUT2D eigenvalue weighted by atomic mass is 16.5. The van der Waals surface area contributed by atoms with Crippen LogP contribution in [0.15, 0.2) is 15.7 Å². The number of ketones is 1. The van der Waals surface area contributed by atoms with Crippen LogP contribution in [-0.2, 0) is 11.2 Å². The first-order valence-electron chi connectivity index (χ1n) is 4.88. The fraction of sp³-hybridized carbons (Fsp3) is 0.500. The Kier molecular flexibility index (Phi) is 1.56. The van der Waals surface area contributed by atoms with E-state index in [2.05, 4.69) is 10.1 Å². The van der Waals surface area contributed by atoms with Crippen molar-refractivity contribution in [2.75, 3.05) is 0 Å². The van der Waals surface area contributed by atoms with Crippen LogP contribution in [0.2, 0.25) is 0 Å². The Bertz CT molecular complexity index is 420. The van der Waals surface area contributed by atoms with E-state index < -0.39 is 0 Å². The number of aliphatic imine (C=N–C) groups is 1. The van der Waals surface area contributed by atoms with Gasteiger partial charge in [0.1, 0.15) is 5.78 Å². The van der Waals surface area contributed by atoms with Gasteiger partial charge in [-0.25, -0.2) is 4.99 Å². The molecule has 0 radical (unpaired) electrons. The largest absolute Gasteiger partial charge is 0.336 e. The zero-order chi connectivity index (χ0) is 9.54. The van der Waals surface area contributed by atoms with Gasteiger partial charge in [-0.1, -0.05) is 5.16 Å². The summed E-state index contributed by atoms with van der Waals surface area (Å²) in [6.07, 6.45) is 4.95. The van der Waals surface area contributed by atoms with Crippen molar-refractivity contribution in [2.24, 2.45) is 10.9 Å². The fourth-order valence-corrected chi connectivity index (χ4v) is 2.18. The van der Waals surface area contributed by atoms with Crippen LogP contribution in [0.5, 0.6) is 0 Å². The minimum atomic E-state index is 0.00986. The van der Waals surface area contributed by atoms with Gasteiger partial charge in [-0.3, -0.25) is 4.79 Å². The molecule has 72 valence electrons. The minimum absolute atomic E-state index is 0.00986. The molecule has 0 amide bonds. The van der Waals surface area contributed by atoms with Crippen molar-refractivity contribution in [3.63, 3.8) is 0 Å². The zero-order valence-corrected chi connectivity index (χ0v) is 7.69. The lowest BCUT2D eigenvalue weighted by Gasteiger charge is -2.24. The van der Waals surface area contributed by atoms with Crippen LogP contribution in [0.1, 0.15) is 24.8 Å². The maximum atomic E-state index is 11.6. The third kappa shape index (κ3) is 1.03. The summed E-state index contributed by atoms with van der Waals surface area (Å²) in [5, 5.41) is 3.69. The van der Waals surface area contributed by atoms with Gasteiger partial charge in [-0.2, -0.15) is 0 Å². The molecule has 0 spiro atoms. The van der Waals surface area contributed by atoms with Crippen LogP contribution >= 0.6 is 0 Å². The fourth-order valence-electron chi connectivity index (χ4n) is 2.18. The number of fused-ring (bicyclic) bond motifs is 2. The smallest absolute Gasteiger partial charge is 0.253 e. The SMILES string of the molecule is O=C1CCCC2=Nc3oncc3CC12. The molecule has 0 saturated heterocycles. The molecule has 2 aliphatic rings. The Balaban J connectivity index is 2.05. The van der Waals surface area contributed by atoms with Crippen molar-refractivity contribution < 1.29 is 9.32 Å². The number of carbonyl (C=O) groups is 1. The Labute approximate surface area is 81.0 Å². The first kappa shape index (κ1) is 7.91. The molecule has 14 heavy (non-hydrogen) atoms. The lowest BCUT2D eigenvalue weighted by Crippen LogP contribution is -2.31. The highest BCUT2D eigenvalue weighted by Crippen LogP contribution is 2.33. The second kappa shape index (κ2) is 2.77. The monoisotopic (exact) mass is 190 g/mol. The van der Waals surface area contributed by atoms with E-state index >= 15 is 0 Å². The molecule has 1 saturated carbocycles. The van der Waals surface area contributed by atoms with Crippen LogP contribution in [0.25, 0.3) is 0 Å². The number of hydrogen-bond acceptors (Lipinski definition) is 4. The van der Waals surface area contributed by atoms with Crippen molar-refractivity contribution in [1.82, 2.24) is 5.16 Å². The second-order valence-electron chi connectivity index (χ2n) is 3.84. The molecule has 1 aliphatic carbocycles. The van der Waals surface area contributed by atoms with Gasteiger partial charge in [0.2, 0.25) is 0 Å². The number of Topliss-reactive ketones (excluding diaryl/α,β-unsaturated/α-hetero) is 1. The third-order valence-electron chi connectivity index (χ3n) is 2.94. The Hall–Kier alpha value is -1.45. The van der Waals surface area contributed by atoms with Gasteiger partial charge in [0, 0.05) is 17.7 Å². The molecule has 1 fully saturated rings. The van der Waals surface area contributed by atoms with E-state index in [0.29, 0.717) is 18.1 Å². The Morgan fingerprint density at radius 3 is 3.29 bits per heavy atom. The van der Waals surface area contributed by atoms with E-state index in [1.54, 1.807) is 6.20 Å². The maximum Gasteiger partial charge on any atom is 0.253 e. The Morgan fingerprint density at radius 1 is 1.43 bits per heavy atom. The van der Waals surface area contributed by atoms with Gasteiger partial charge in [0.15, 0.2) is 0 Å². The first-order chi connectivity index (χ1) is 6.84. The number of hydrogen-bond donors (Lipinski definition) is 0. The topological polar surface area (TPSA) is 55.5 Å². The summed E-state index contributed by atoms with van der Waals surface area (Å²) < 4.78 is 4.99. The number of carbonyl (C=O) groups excluding carboxylic acids is 1. The highest BCUT2D eigenvalue weighted by Gasteiger charge is 2.33. The van der Waals surface area contributed by atoms with Crippen molar-refractivity contribution in [2.45, 2.75) is 25.7 Å². The average Bonchev–Trinajstić information content (AvgIpc) is 2.62. The number of nitrogens with zero attached hydrogens (tertiary/aromatic N) is 2. The Morgan fingerprint density at radius 2 is 2.36 bits per heavy atom. The summed E-state index contributed by atoms with van der Waals surface area (Å²) in [6, 6.07) is 0. The maximum absolute atomic E-state index is 11.6. The van der Waals surface area contributed by atoms with Gasteiger partial charge >= 0.3 is 0 Å². The molecule has 1 aliphatic heterocycles. The van der Waals surface area contributed by atoms with E-state index in [4.69, 9.17) is 4.52 Å². The first-order valence-corrected chi connectivity index (χ1v) is 4.88. The summed E-state index contributed by atoms with van der Waals surface area (Å²) in [4.78, 5) is 16.0. The number of rotatable bonds is 0. The molecule has 0 aromatic carbocycles. The summed E-state index contributed by atoms with van der Waals surface area (Å²) in [5.41, 5.74) is 1.96. The molecule has 1 aromatic rings. The van der Waals surface area contributed by atoms with E-state index in [-0.39, 0.29) is 5.92 Å². The van der Waals surface area contributed by atoms with Crippen LogP contribution in [0.3, 0.4) is 0 Å². The lowest BCUT2D eigenvalue weighted by molar-refractivity contribution is -0.121. The summed E-state index contributed by atoms with van der Waals surface area (Å²) in [5.74, 6) is 0.934. The highest BCUT2D eigenvalue weighted by molar-refractivity contribution is 6.08. The van der Waals surface area contributed by atoms with E-state index in [1.165, 1.54) is 0 Å². The molecule has 1 atom stereocenters. The van der Waals surface area contributed by atoms with Crippen LogP contribution < -0.4 is 0 Å². The summed E-state index contributed by atoms with van der Waals surface area (Å²) in [7, 11) is 0. The van der Waals surface area contributed by atoms with Crippen molar-refractivity contribution in [3.05, 3.63) is 11.8 Å². The summed E-state index contributed by atoms with van der Waals surface area (Å²) in [6.45, 7) is 0. The molecular weight excluding hydrogens is 180 g/mol. The molecule has 0 N–H and O–H groups in total. The van der Waals surface area contributed by atoms with Crippen LogP contribution in [0, 0.1) is 5.92 Å². The normalized spacial score (nSPS) is 25.3. The quantitative estimate of drug-likeness (QED) is 0.625. The summed E-state index contributed by atoms with van der Waals surface area (Å²) >= 11 is 0. The van der Waals surface area contributed by atoms with Gasteiger partial charge in [-0.15, -0.1) is 0 Å². The predicted molar refractivity (Wildman–Crippen MR) is 49.7 cm³/mol. The lowest BCUT2D eigenvalue weighted by atomic mass is 9.81. The van der Waals surface area contributed by atoms with Crippen LogP contribution in [-0.4, -0.2) is 16.7 Å². The van der Waals surface area contributed by atoms with E-state index in [0.717, 1.165) is 30.5 Å². The minimum Gasteiger partial charge on any atom is -0.336 e. The van der Waals surface area contributed by atoms with Gasteiger partial charge in [0.05, 0.1) is 12.1 Å². The van der Waals surface area contributed by atoms with E-state index in [1.807, 2.05) is 0 Å². The second-order valence-corrected chi connectivity index (χ2v) is 3.84. The average molecular weight is 190 g/mol. The van der Waals surface area contributed by atoms with Crippen LogP contribution in [0.4, 0.5) is 5.88 Å².